The summed E-state index contributed by atoms with van der Waals surface area (Å²) in [6, 6.07) is 10.4. The molecular formula is C18H19ClN2O3. The molecule has 1 saturated heterocycles. The minimum Gasteiger partial charge on any atom is -0.467 e. The van der Waals surface area contributed by atoms with Gasteiger partial charge in [-0.25, -0.2) is 0 Å². The van der Waals surface area contributed by atoms with Crippen LogP contribution in [0.1, 0.15) is 29.0 Å². The number of furan rings is 1. The van der Waals surface area contributed by atoms with Crippen molar-refractivity contribution in [2.75, 3.05) is 13.1 Å². The van der Waals surface area contributed by atoms with Crippen molar-refractivity contribution in [2.45, 2.75) is 19.4 Å². The van der Waals surface area contributed by atoms with Crippen molar-refractivity contribution in [3.8, 4) is 0 Å². The molecule has 0 saturated carbocycles. The van der Waals surface area contributed by atoms with Gasteiger partial charge in [-0.3, -0.25) is 9.59 Å². The SMILES string of the molecule is O=C(NCc1ccco1)C1CCCN(C(=O)c2ccc(Cl)cc2)C1. The molecule has 1 N–H and O–H groups in total. The number of likely N-dealkylation sites (tertiary alicyclic amines) is 1. The minimum absolute atomic E-state index is 0.0417. The Morgan fingerprint density at radius 3 is 2.75 bits per heavy atom. The Kier molecular flexibility index (Phi) is 5.20. The molecule has 0 aliphatic carbocycles. The number of rotatable bonds is 4. The highest BCUT2D eigenvalue weighted by atomic mass is 35.5. The first-order chi connectivity index (χ1) is 11.6. The Balaban J connectivity index is 1.58. The van der Waals surface area contributed by atoms with Crippen molar-refractivity contribution in [1.29, 1.82) is 0 Å². The maximum absolute atomic E-state index is 12.6. The maximum Gasteiger partial charge on any atom is 0.253 e. The number of amides is 2. The molecule has 5 nitrogen and oxygen atoms in total. The summed E-state index contributed by atoms with van der Waals surface area (Å²) in [5, 5.41) is 3.47. The lowest BCUT2D eigenvalue weighted by Gasteiger charge is -2.32. The van der Waals surface area contributed by atoms with Crippen molar-refractivity contribution in [1.82, 2.24) is 10.2 Å². The fraction of sp³-hybridized carbons (Fsp3) is 0.333. The summed E-state index contributed by atoms with van der Waals surface area (Å²) in [6.07, 6.45) is 3.18. The van der Waals surface area contributed by atoms with Crippen molar-refractivity contribution in [3.05, 3.63) is 59.0 Å². The number of carbonyl (C=O) groups excluding carboxylic acids is 2. The van der Waals surface area contributed by atoms with E-state index in [1.807, 2.05) is 6.07 Å². The molecule has 0 radical (unpaired) electrons. The van der Waals surface area contributed by atoms with Gasteiger partial charge in [-0.2, -0.15) is 0 Å². The van der Waals surface area contributed by atoms with E-state index in [1.165, 1.54) is 0 Å². The first-order valence-corrected chi connectivity index (χ1v) is 8.36. The average Bonchev–Trinajstić information content (AvgIpc) is 3.13. The van der Waals surface area contributed by atoms with Crippen LogP contribution < -0.4 is 5.32 Å². The summed E-state index contributed by atoms with van der Waals surface area (Å²) in [5.41, 5.74) is 0.594. The van der Waals surface area contributed by atoms with Crippen LogP contribution in [0.3, 0.4) is 0 Å². The molecule has 6 heteroatoms. The van der Waals surface area contributed by atoms with Crippen molar-refractivity contribution in [2.24, 2.45) is 5.92 Å². The van der Waals surface area contributed by atoms with Gasteiger partial charge in [-0.15, -0.1) is 0 Å². The van der Waals surface area contributed by atoms with Gasteiger partial charge < -0.3 is 14.6 Å². The first-order valence-electron chi connectivity index (χ1n) is 7.98. The van der Waals surface area contributed by atoms with Gasteiger partial charge in [0.2, 0.25) is 5.91 Å². The zero-order valence-electron chi connectivity index (χ0n) is 13.2. The second-order valence-corrected chi connectivity index (χ2v) is 6.33. The van der Waals surface area contributed by atoms with Gasteiger partial charge in [-0.05, 0) is 49.2 Å². The zero-order valence-corrected chi connectivity index (χ0v) is 14.0. The highest BCUT2D eigenvalue weighted by Gasteiger charge is 2.28. The summed E-state index contributed by atoms with van der Waals surface area (Å²) in [7, 11) is 0. The third kappa shape index (κ3) is 3.97. The van der Waals surface area contributed by atoms with Gasteiger partial charge in [-0.1, -0.05) is 11.6 Å². The molecule has 126 valence electrons. The predicted molar refractivity (Wildman–Crippen MR) is 90.6 cm³/mol. The first kappa shape index (κ1) is 16.6. The Labute approximate surface area is 145 Å². The van der Waals surface area contributed by atoms with E-state index in [1.54, 1.807) is 41.5 Å². The lowest BCUT2D eigenvalue weighted by Crippen LogP contribution is -2.45. The predicted octanol–water partition coefficient (Wildman–Crippen LogP) is 3.10. The van der Waals surface area contributed by atoms with E-state index < -0.39 is 0 Å². The lowest BCUT2D eigenvalue weighted by atomic mass is 9.96. The fourth-order valence-corrected chi connectivity index (χ4v) is 3.01. The molecule has 1 atom stereocenters. The highest BCUT2D eigenvalue weighted by molar-refractivity contribution is 6.30. The maximum atomic E-state index is 12.6. The third-order valence-corrected chi connectivity index (χ3v) is 4.44. The van der Waals surface area contributed by atoms with Crippen LogP contribution >= 0.6 is 11.6 Å². The standard InChI is InChI=1S/C18H19ClN2O3/c19-15-7-5-13(6-8-15)18(23)21-9-1-3-14(12-21)17(22)20-11-16-4-2-10-24-16/h2,4-8,10,14H,1,3,9,11-12H2,(H,20,22). The van der Waals surface area contributed by atoms with Crippen LogP contribution in [0.25, 0.3) is 0 Å². The van der Waals surface area contributed by atoms with Gasteiger partial charge in [0.25, 0.3) is 5.91 Å². The summed E-state index contributed by atoms with van der Waals surface area (Å²) >= 11 is 5.86. The molecule has 1 aliphatic rings. The van der Waals surface area contributed by atoms with E-state index in [-0.39, 0.29) is 17.7 Å². The molecule has 1 aromatic carbocycles. The van der Waals surface area contributed by atoms with Crippen LogP contribution in [0.4, 0.5) is 0 Å². The number of hydrogen-bond acceptors (Lipinski definition) is 3. The summed E-state index contributed by atoms with van der Waals surface area (Å²) in [4.78, 5) is 26.6. The van der Waals surface area contributed by atoms with Crippen molar-refractivity contribution < 1.29 is 14.0 Å². The van der Waals surface area contributed by atoms with E-state index in [9.17, 15) is 9.59 Å². The summed E-state index contributed by atoms with van der Waals surface area (Å²) < 4.78 is 5.21. The molecule has 0 spiro atoms. The molecule has 2 aromatic rings. The molecule has 2 amide bonds. The normalized spacial score (nSPS) is 17.5. The van der Waals surface area contributed by atoms with Gasteiger partial charge in [0.05, 0.1) is 18.7 Å². The van der Waals surface area contributed by atoms with Gasteiger partial charge in [0.15, 0.2) is 0 Å². The van der Waals surface area contributed by atoms with E-state index >= 15 is 0 Å². The van der Waals surface area contributed by atoms with Crippen LogP contribution in [0.5, 0.6) is 0 Å². The third-order valence-electron chi connectivity index (χ3n) is 4.19. The smallest absolute Gasteiger partial charge is 0.253 e. The van der Waals surface area contributed by atoms with E-state index in [0.29, 0.717) is 36.0 Å². The number of benzene rings is 1. The Bertz CT molecular complexity index is 698. The number of hydrogen-bond donors (Lipinski definition) is 1. The molecule has 24 heavy (non-hydrogen) atoms. The molecule has 0 bridgehead atoms. The molecule has 1 aliphatic heterocycles. The number of piperidine rings is 1. The zero-order chi connectivity index (χ0) is 16.9. The van der Waals surface area contributed by atoms with Crippen LogP contribution in [-0.2, 0) is 11.3 Å². The number of carbonyl (C=O) groups is 2. The molecular weight excluding hydrogens is 328 g/mol. The average molecular weight is 347 g/mol. The Hall–Kier alpha value is -2.27. The van der Waals surface area contributed by atoms with Crippen LogP contribution in [0, 0.1) is 5.92 Å². The van der Waals surface area contributed by atoms with Crippen molar-refractivity contribution >= 4 is 23.4 Å². The second-order valence-electron chi connectivity index (χ2n) is 5.89. The number of nitrogens with one attached hydrogen (secondary N) is 1. The molecule has 2 heterocycles. The van der Waals surface area contributed by atoms with Crippen molar-refractivity contribution in [3.63, 3.8) is 0 Å². The number of halogens is 1. The monoisotopic (exact) mass is 346 g/mol. The van der Waals surface area contributed by atoms with Crippen LogP contribution in [-0.4, -0.2) is 29.8 Å². The molecule has 1 unspecified atom stereocenters. The molecule has 1 aromatic heterocycles. The van der Waals surface area contributed by atoms with E-state index in [0.717, 1.165) is 12.8 Å². The van der Waals surface area contributed by atoms with Gasteiger partial charge in [0, 0.05) is 23.7 Å². The molecule has 1 fully saturated rings. The van der Waals surface area contributed by atoms with E-state index in [2.05, 4.69) is 5.32 Å². The lowest BCUT2D eigenvalue weighted by molar-refractivity contribution is -0.126. The van der Waals surface area contributed by atoms with E-state index in [4.69, 9.17) is 16.0 Å². The van der Waals surface area contributed by atoms with Crippen LogP contribution in [0.15, 0.2) is 47.1 Å². The summed E-state index contributed by atoms with van der Waals surface area (Å²) in [6.45, 7) is 1.47. The number of nitrogens with zero attached hydrogens (tertiary/aromatic N) is 1. The molecule has 3 rings (SSSR count). The van der Waals surface area contributed by atoms with Crippen LogP contribution in [0.2, 0.25) is 5.02 Å². The van der Waals surface area contributed by atoms with Gasteiger partial charge >= 0.3 is 0 Å². The Morgan fingerprint density at radius 1 is 1.25 bits per heavy atom. The topological polar surface area (TPSA) is 62.6 Å². The second kappa shape index (κ2) is 7.53. The Morgan fingerprint density at radius 2 is 2.04 bits per heavy atom. The largest absolute Gasteiger partial charge is 0.467 e. The minimum atomic E-state index is -0.190. The fourth-order valence-electron chi connectivity index (χ4n) is 2.88. The summed E-state index contributed by atoms with van der Waals surface area (Å²) in [5.74, 6) is 0.424. The highest BCUT2D eigenvalue weighted by Crippen LogP contribution is 2.20. The quantitative estimate of drug-likeness (QED) is 0.925. The van der Waals surface area contributed by atoms with Gasteiger partial charge in [0.1, 0.15) is 5.76 Å².